The molecular weight excluding hydrogens is 336 g/mol. The lowest BCUT2D eigenvalue weighted by molar-refractivity contribution is -0.130. The van der Waals surface area contributed by atoms with Crippen molar-refractivity contribution < 1.29 is 4.79 Å². The van der Waals surface area contributed by atoms with Crippen molar-refractivity contribution in [3.63, 3.8) is 0 Å². The van der Waals surface area contributed by atoms with E-state index in [1.54, 1.807) is 11.3 Å². The molecule has 1 aromatic rings. The minimum Gasteiger partial charge on any atom is -0.343 e. The van der Waals surface area contributed by atoms with Gasteiger partial charge in [0.2, 0.25) is 5.91 Å². The molecule has 0 bridgehead atoms. The molecular formula is C12H18BrClN2OS. The number of hydrogen-bond donors (Lipinski definition) is 1. The summed E-state index contributed by atoms with van der Waals surface area (Å²) in [5, 5.41) is 3.26. The van der Waals surface area contributed by atoms with Crippen molar-refractivity contribution in [1.29, 1.82) is 0 Å². The van der Waals surface area contributed by atoms with Crippen LogP contribution in [-0.2, 0) is 11.3 Å². The van der Waals surface area contributed by atoms with E-state index in [0.717, 1.165) is 28.4 Å². The summed E-state index contributed by atoms with van der Waals surface area (Å²) in [7, 11) is 0. The lowest BCUT2D eigenvalue weighted by Gasteiger charge is -2.18. The second-order valence-corrected chi connectivity index (χ2v) is 6.42. The quantitative estimate of drug-likeness (QED) is 0.761. The summed E-state index contributed by atoms with van der Waals surface area (Å²) in [6.07, 6.45) is 0.544. The van der Waals surface area contributed by atoms with Gasteiger partial charge in [-0.1, -0.05) is 11.6 Å². The zero-order valence-electron chi connectivity index (χ0n) is 10.6. The molecule has 1 heterocycles. The van der Waals surface area contributed by atoms with Crippen LogP contribution in [0.3, 0.4) is 0 Å². The first-order valence-corrected chi connectivity index (χ1v) is 7.99. The molecule has 0 spiro atoms. The van der Waals surface area contributed by atoms with E-state index in [2.05, 4.69) is 21.2 Å². The van der Waals surface area contributed by atoms with Crippen LogP contribution < -0.4 is 5.32 Å². The monoisotopic (exact) mass is 352 g/mol. The molecule has 0 atom stereocenters. The fourth-order valence-electron chi connectivity index (χ4n) is 1.62. The third-order valence-electron chi connectivity index (χ3n) is 2.63. The van der Waals surface area contributed by atoms with Crippen LogP contribution >= 0.6 is 38.9 Å². The van der Waals surface area contributed by atoms with Crippen LogP contribution in [0.25, 0.3) is 0 Å². The fraction of sp³-hybridized carbons (Fsp3) is 0.583. The Morgan fingerprint density at radius 2 is 2.17 bits per heavy atom. The Bertz CT molecular complexity index is 374. The first-order valence-electron chi connectivity index (χ1n) is 6.00. The van der Waals surface area contributed by atoms with Crippen LogP contribution in [0.1, 0.15) is 25.1 Å². The Hall–Kier alpha value is -0.100. The van der Waals surface area contributed by atoms with Crippen molar-refractivity contribution in [3.05, 3.63) is 19.8 Å². The molecule has 1 aromatic heterocycles. The van der Waals surface area contributed by atoms with Crippen LogP contribution in [0.4, 0.5) is 0 Å². The number of rotatable bonds is 7. The number of amides is 1. The highest BCUT2D eigenvalue weighted by atomic mass is 79.9. The van der Waals surface area contributed by atoms with Gasteiger partial charge in [0, 0.05) is 41.9 Å². The van der Waals surface area contributed by atoms with Gasteiger partial charge < -0.3 is 10.2 Å². The number of carbonyl (C=O) groups is 1. The summed E-state index contributed by atoms with van der Waals surface area (Å²) < 4.78 is 1.70. The fourth-order valence-corrected chi connectivity index (χ4v) is 3.38. The molecule has 0 saturated carbocycles. The minimum absolute atomic E-state index is 0.206. The number of thiophene rings is 1. The van der Waals surface area contributed by atoms with E-state index in [1.807, 2.05) is 24.8 Å². The number of halogens is 2. The molecule has 0 radical (unpaired) electrons. The second kappa shape index (κ2) is 8.15. The standard InChI is InChI=1S/C12H18BrClN2OS/c1-3-16(4-2)11(17)5-6-15-8-9-7-10(13)12(14)18-9/h7,15H,3-6,8H2,1-2H3. The Kier molecular flexibility index (Phi) is 7.22. The molecule has 0 unspecified atom stereocenters. The van der Waals surface area contributed by atoms with E-state index in [0.29, 0.717) is 13.0 Å². The Balaban J connectivity index is 2.24. The SMILES string of the molecule is CCN(CC)C(=O)CCNCc1cc(Br)c(Cl)s1. The van der Waals surface area contributed by atoms with Gasteiger partial charge in [-0.25, -0.2) is 0 Å². The Labute approximate surface area is 126 Å². The summed E-state index contributed by atoms with van der Waals surface area (Å²) >= 11 is 10.9. The van der Waals surface area contributed by atoms with Crippen molar-refractivity contribution in [2.45, 2.75) is 26.8 Å². The highest BCUT2D eigenvalue weighted by Gasteiger charge is 2.09. The van der Waals surface area contributed by atoms with Crippen molar-refractivity contribution in [2.75, 3.05) is 19.6 Å². The lowest BCUT2D eigenvalue weighted by atomic mass is 10.3. The topological polar surface area (TPSA) is 32.3 Å². The van der Waals surface area contributed by atoms with Crippen molar-refractivity contribution in [3.8, 4) is 0 Å². The molecule has 1 rings (SSSR count). The molecule has 0 aliphatic rings. The molecule has 6 heteroatoms. The molecule has 18 heavy (non-hydrogen) atoms. The predicted octanol–water partition coefficient (Wildman–Crippen LogP) is 3.51. The van der Waals surface area contributed by atoms with Gasteiger partial charge in [0.1, 0.15) is 4.34 Å². The summed E-state index contributed by atoms with van der Waals surface area (Å²) in [4.78, 5) is 14.8. The lowest BCUT2D eigenvalue weighted by Crippen LogP contribution is -2.32. The van der Waals surface area contributed by atoms with E-state index < -0.39 is 0 Å². The van der Waals surface area contributed by atoms with Crippen LogP contribution in [0, 0.1) is 0 Å². The average molecular weight is 354 g/mol. The highest BCUT2D eigenvalue weighted by Crippen LogP contribution is 2.31. The third-order valence-corrected chi connectivity index (χ3v) is 5.10. The third kappa shape index (κ3) is 4.88. The summed E-state index contributed by atoms with van der Waals surface area (Å²) in [5.41, 5.74) is 0. The Morgan fingerprint density at radius 3 is 2.67 bits per heavy atom. The Morgan fingerprint density at radius 1 is 1.50 bits per heavy atom. The maximum Gasteiger partial charge on any atom is 0.223 e. The zero-order valence-corrected chi connectivity index (χ0v) is 13.8. The van der Waals surface area contributed by atoms with Gasteiger partial charge in [0.05, 0.1) is 0 Å². The number of nitrogens with zero attached hydrogens (tertiary/aromatic N) is 1. The smallest absolute Gasteiger partial charge is 0.223 e. The van der Waals surface area contributed by atoms with Gasteiger partial charge in [0.15, 0.2) is 0 Å². The predicted molar refractivity (Wildman–Crippen MR) is 81.3 cm³/mol. The van der Waals surface area contributed by atoms with Gasteiger partial charge in [0.25, 0.3) is 0 Å². The van der Waals surface area contributed by atoms with Crippen molar-refractivity contribution in [1.82, 2.24) is 10.2 Å². The molecule has 102 valence electrons. The molecule has 0 fully saturated rings. The maximum absolute atomic E-state index is 11.7. The van der Waals surface area contributed by atoms with E-state index in [-0.39, 0.29) is 5.91 Å². The van der Waals surface area contributed by atoms with E-state index in [4.69, 9.17) is 11.6 Å². The highest BCUT2D eigenvalue weighted by molar-refractivity contribution is 9.10. The molecule has 1 amide bonds. The van der Waals surface area contributed by atoms with Gasteiger partial charge in [-0.3, -0.25) is 4.79 Å². The number of hydrogen-bond acceptors (Lipinski definition) is 3. The van der Waals surface area contributed by atoms with Gasteiger partial charge in [-0.15, -0.1) is 11.3 Å². The normalized spacial score (nSPS) is 10.7. The summed E-state index contributed by atoms with van der Waals surface area (Å²) in [6, 6.07) is 2.01. The zero-order chi connectivity index (χ0) is 13.5. The van der Waals surface area contributed by atoms with Crippen LogP contribution in [0.5, 0.6) is 0 Å². The molecule has 0 aliphatic carbocycles. The molecule has 1 N–H and O–H groups in total. The maximum atomic E-state index is 11.7. The first-order chi connectivity index (χ1) is 8.58. The summed E-state index contributed by atoms with van der Waals surface area (Å²) in [5.74, 6) is 0.206. The van der Waals surface area contributed by atoms with Gasteiger partial charge in [-0.05, 0) is 35.8 Å². The second-order valence-electron chi connectivity index (χ2n) is 3.83. The van der Waals surface area contributed by atoms with Gasteiger partial charge >= 0.3 is 0 Å². The van der Waals surface area contributed by atoms with Crippen molar-refractivity contribution in [2.24, 2.45) is 0 Å². The van der Waals surface area contributed by atoms with Crippen LogP contribution in [0.2, 0.25) is 4.34 Å². The van der Waals surface area contributed by atoms with Crippen LogP contribution in [-0.4, -0.2) is 30.4 Å². The molecule has 0 aromatic carbocycles. The first kappa shape index (κ1) is 16.0. The van der Waals surface area contributed by atoms with E-state index in [1.165, 1.54) is 4.88 Å². The average Bonchev–Trinajstić information content (AvgIpc) is 2.66. The minimum atomic E-state index is 0.206. The van der Waals surface area contributed by atoms with Crippen LogP contribution in [0.15, 0.2) is 10.5 Å². The molecule has 0 saturated heterocycles. The van der Waals surface area contributed by atoms with E-state index in [9.17, 15) is 4.79 Å². The molecule has 0 aliphatic heterocycles. The summed E-state index contributed by atoms with van der Waals surface area (Å²) in [6.45, 7) is 7.01. The number of carbonyl (C=O) groups excluding carboxylic acids is 1. The van der Waals surface area contributed by atoms with E-state index >= 15 is 0 Å². The largest absolute Gasteiger partial charge is 0.343 e. The molecule has 3 nitrogen and oxygen atoms in total. The number of nitrogens with one attached hydrogen (secondary N) is 1. The van der Waals surface area contributed by atoms with Gasteiger partial charge in [-0.2, -0.15) is 0 Å². The van der Waals surface area contributed by atoms with Crippen molar-refractivity contribution >= 4 is 44.8 Å².